The Balaban J connectivity index is 1.45. The maximum Gasteiger partial charge on any atom is 0.180 e. The summed E-state index contributed by atoms with van der Waals surface area (Å²) in [5.74, 6) is 1.53. The molecule has 5 rings (SSSR count). The third-order valence-corrected chi connectivity index (χ3v) is 7.71. The lowest BCUT2D eigenvalue weighted by Crippen LogP contribution is -2.53. The molecule has 0 unspecified atom stereocenters. The van der Waals surface area contributed by atoms with Gasteiger partial charge in [-0.15, -0.1) is 0 Å². The first kappa shape index (κ1) is 18.9. The van der Waals surface area contributed by atoms with E-state index in [2.05, 4.69) is 66.5 Å². The van der Waals surface area contributed by atoms with Crippen molar-refractivity contribution in [3.8, 4) is 0 Å². The summed E-state index contributed by atoms with van der Waals surface area (Å²) in [4.78, 5) is 16.1. The van der Waals surface area contributed by atoms with Crippen molar-refractivity contribution in [3.63, 3.8) is 0 Å². The Labute approximate surface area is 174 Å². The van der Waals surface area contributed by atoms with E-state index in [1.807, 2.05) is 6.07 Å². The van der Waals surface area contributed by atoms with Crippen molar-refractivity contribution >= 4 is 11.5 Å². The first-order chi connectivity index (χ1) is 14.1. The molecule has 2 aliphatic carbocycles. The zero-order valence-electron chi connectivity index (χ0n) is 17.7. The number of nitrogens with zero attached hydrogens (tertiary/aromatic N) is 1. The molecule has 3 atom stereocenters. The zero-order valence-corrected chi connectivity index (χ0v) is 17.7. The Morgan fingerprint density at radius 1 is 1.14 bits per heavy atom. The van der Waals surface area contributed by atoms with Crippen molar-refractivity contribution in [1.29, 1.82) is 0 Å². The second kappa shape index (κ2) is 7.28. The van der Waals surface area contributed by atoms with Crippen LogP contribution in [0.1, 0.15) is 61.0 Å². The topological polar surface area (TPSA) is 32.3 Å². The molecule has 1 heterocycles. The summed E-state index contributed by atoms with van der Waals surface area (Å²) in [6, 6.07) is 17.0. The van der Waals surface area contributed by atoms with E-state index < -0.39 is 0 Å². The number of anilines is 1. The van der Waals surface area contributed by atoms with E-state index in [0.717, 1.165) is 43.2 Å². The van der Waals surface area contributed by atoms with Crippen LogP contribution < -0.4 is 5.32 Å². The van der Waals surface area contributed by atoms with Crippen LogP contribution in [0, 0.1) is 11.8 Å². The van der Waals surface area contributed by atoms with Gasteiger partial charge in [-0.3, -0.25) is 9.69 Å². The highest BCUT2D eigenvalue weighted by atomic mass is 16.1. The smallest absolute Gasteiger partial charge is 0.180 e. The largest absolute Gasteiger partial charge is 0.381 e. The van der Waals surface area contributed by atoms with Gasteiger partial charge in [0, 0.05) is 24.3 Å². The van der Waals surface area contributed by atoms with Crippen LogP contribution in [0.25, 0.3) is 0 Å². The Morgan fingerprint density at radius 2 is 1.93 bits per heavy atom. The van der Waals surface area contributed by atoms with Gasteiger partial charge in [-0.05, 0) is 78.8 Å². The number of nitrogens with one attached hydrogen (secondary N) is 1. The van der Waals surface area contributed by atoms with E-state index in [0.29, 0.717) is 11.7 Å². The van der Waals surface area contributed by atoms with Crippen molar-refractivity contribution in [1.82, 2.24) is 4.90 Å². The van der Waals surface area contributed by atoms with Gasteiger partial charge in [0.25, 0.3) is 0 Å². The lowest BCUT2D eigenvalue weighted by Gasteiger charge is -2.46. The number of carbonyl (C=O) groups excluding carboxylic acids is 1. The number of rotatable bonds is 5. The number of hydrogen-bond acceptors (Lipinski definition) is 3. The Kier molecular flexibility index (Phi) is 4.74. The molecule has 3 nitrogen and oxygen atoms in total. The van der Waals surface area contributed by atoms with E-state index >= 15 is 0 Å². The minimum Gasteiger partial charge on any atom is -0.381 e. The highest BCUT2D eigenvalue weighted by Crippen LogP contribution is 2.49. The third-order valence-electron chi connectivity index (χ3n) is 7.71. The molecule has 3 heteroatoms. The quantitative estimate of drug-likeness (QED) is 0.758. The molecule has 0 radical (unpaired) electrons. The van der Waals surface area contributed by atoms with Gasteiger partial charge < -0.3 is 5.32 Å². The first-order valence-corrected chi connectivity index (χ1v) is 11.3. The van der Waals surface area contributed by atoms with E-state index in [1.54, 1.807) is 0 Å². The molecule has 0 spiro atoms. The fraction of sp³-hybridized carbons (Fsp3) is 0.500. The molecule has 2 fully saturated rings. The monoisotopic (exact) mass is 388 g/mol. The van der Waals surface area contributed by atoms with Crippen LogP contribution in [0.2, 0.25) is 0 Å². The van der Waals surface area contributed by atoms with Crippen molar-refractivity contribution in [2.75, 3.05) is 18.4 Å². The minimum atomic E-state index is 0.0544. The molecule has 0 aromatic heterocycles. The van der Waals surface area contributed by atoms with Crippen LogP contribution in [0.5, 0.6) is 0 Å². The first-order valence-electron chi connectivity index (χ1n) is 11.3. The zero-order chi connectivity index (χ0) is 20.0. The van der Waals surface area contributed by atoms with Gasteiger partial charge >= 0.3 is 0 Å². The van der Waals surface area contributed by atoms with Crippen molar-refractivity contribution in [2.24, 2.45) is 11.8 Å². The molecular weight excluding hydrogens is 356 g/mol. The van der Waals surface area contributed by atoms with Gasteiger partial charge in [0.2, 0.25) is 0 Å². The Hall–Kier alpha value is -2.13. The standard InChI is InChI=1S/C26H32N2O/c1-18-24-25(29)22-12-11-21(27-16-19-7-4-3-5-8-19)15-23(22)26(18,2)13-6-14-28(24)17-20-9-10-20/h3-5,7-8,11-12,15,18,20,24,27H,6,9-10,13-14,16-17H2,1-2H3/t18-,24-,26-/m0/s1. The normalized spacial score (nSPS) is 29.2. The fourth-order valence-electron chi connectivity index (χ4n) is 5.59. The lowest BCUT2D eigenvalue weighted by molar-refractivity contribution is 0.0642. The van der Waals surface area contributed by atoms with E-state index in [4.69, 9.17) is 0 Å². The summed E-state index contributed by atoms with van der Waals surface area (Å²) in [6.45, 7) is 7.71. The summed E-state index contributed by atoms with van der Waals surface area (Å²) < 4.78 is 0. The fourth-order valence-corrected chi connectivity index (χ4v) is 5.59. The van der Waals surface area contributed by atoms with Gasteiger partial charge in [-0.1, -0.05) is 44.2 Å². The number of benzene rings is 2. The molecular formula is C26H32N2O. The Bertz CT molecular complexity index is 904. The number of fused-ring (bicyclic) bond motifs is 4. The van der Waals surface area contributed by atoms with E-state index in [1.165, 1.54) is 30.4 Å². The summed E-state index contributed by atoms with van der Waals surface area (Å²) in [7, 11) is 0. The molecule has 2 aromatic rings. The average Bonchev–Trinajstić information content (AvgIpc) is 3.56. The molecule has 152 valence electrons. The van der Waals surface area contributed by atoms with Crippen LogP contribution in [-0.2, 0) is 12.0 Å². The lowest BCUT2D eigenvalue weighted by atomic mass is 9.61. The molecule has 29 heavy (non-hydrogen) atoms. The number of likely N-dealkylation sites (tertiary alicyclic amines) is 1. The SMILES string of the molecule is C[C@H]1[C@H]2C(=O)c3ccc(NCc4ccccc4)cc3[C@@]1(C)CCCN2CC1CC1. The van der Waals surface area contributed by atoms with E-state index in [-0.39, 0.29) is 11.5 Å². The minimum absolute atomic E-state index is 0.0544. The summed E-state index contributed by atoms with van der Waals surface area (Å²) >= 11 is 0. The third kappa shape index (κ3) is 3.40. The van der Waals surface area contributed by atoms with Crippen molar-refractivity contribution in [2.45, 2.75) is 57.5 Å². The summed E-state index contributed by atoms with van der Waals surface area (Å²) in [5, 5.41) is 3.57. The number of carbonyl (C=O) groups is 1. The predicted molar refractivity (Wildman–Crippen MR) is 118 cm³/mol. The highest BCUT2D eigenvalue weighted by molar-refractivity contribution is 6.03. The molecule has 1 saturated heterocycles. The summed E-state index contributed by atoms with van der Waals surface area (Å²) in [5.41, 5.74) is 4.68. The molecule has 3 aliphatic rings. The van der Waals surface area contributed by atoms with Gasteiger partial charge in [0.05, 0.1) is 6.04 Å². The van der Waals surface area contributed by atoms with Crippen LogP contribution in [-0.4, -0.2) is 29.8 Å². The van der Waals surface area contributed by atoms with E-state index in [9.17, 15) is 4.79 Å². The number of hydrogen-bond donors (Lipinski definition) is 1. The maximum absolute atomic E-state index is 13.6. The molecule has 2 bridgehead atoms. The second-order valence-corrected chi connectivity index (χ2v) is 9.66. The highest BCUT2D eigenvalue weighted by Gasteiger charge is 2.51. The predicted octanol–water partition coefficient (Wildman–Crippen LogP) is 5.26. The maximum atomic E-state index is 13.6. The molecule has 0 amide bonds. The van der Waals surface area contributed by atoms with Crippen LogP contribution >= 0.6 is 0 Å². The van der Waals surface area contributed by atoms with Gasteiger partial charge in [0.15, 0.2) is 5.78 Å². The molecule has 1 aliphatic heterocycles. The van der Waals surface area contributed by atoms with Crippen molar-refractivity contribution < 1.29 is 4.79 Å². The van der Waals surface area contributed by atoms with Crippen molar-refractivity contribution in [3.05, 3.63) is 65.2 Å². The molecule has 1 N–H and O–H groups in total. The summed E-state index contributed by atoms with van der Waals surface area (Å²) in [6.07, 6.45) is 5.03. The van der Waals surface area contributed by atoms with Gasteiger partial charge in [-0.2, -0.15) is 0 Å². The van der Waals surface area contributed by atoms with Crippen LogP contribution in [0.4, 0.5) is 5.69 Å². The van der Waals surface area contributed by atoms with Crippen LogP contribution in [0.15, 0.2) is 48.5 Å². The molecule has 2 aromatic carbocycles. The average molecular weight is 389 g/mol. The molecule has 1 saturated carbocycles. The van der Waals surface area contributed by atoms with Gasteiger partial charge in [-0.25, -0.2) is 0 Å². The second-order valence-electron chi connectivity index (χ2n) is 9.66. The van der Waals surface area contributed by atoms with Gasteiger partial charge in [0.1, 0.15) is 0 Å². The number of ketones is 1. The Morgan fingerprint density at radius 3 is 2.69 bits per heavy atom. The van der Waals surface area contributed by atoms with Crippen LogP contribution in [0.3, 0.4) is 0 Å². The number of Topliss-reactive ketones (excluding diaryl/α,β-unsaturated/α-hetero) is 1.